The average molecular weight is 274 g/mol. The minimum absolute atomic E-state index is 0.570. The van der Waals surface area contributed by atoms with Gasteiger partial charge in [-0.2, -0.15) is 0 Å². The molecule has 0 saturated carbocycles. The second-order valence-electron chi connectivity index (χ2n) is 6.17. The lowest BCUT2D eigenvalue weighted by atomic mass is 9.89. The molecular formula is C18H30N2. The molecule has 0 radical (unpaired) electrons. The van der Waals surface area contributed by atoms with E-state index in [0.29, 0.717) is 6.04 Å². The summed E-state index contributed by atoms with van der Waals surface area (Å²) in [6.45, 7) is 12.8. The standard InChI is InChI=1S/C18H30N2/c1-5-16-9-7-8-14(3)18(16)19-15(4)17-10-12-20(6-2)13-11-17/h7-9,15,17,19H,5-6,10-13H2,1-4H3. The van der Waals surface area contributed by atoms with Crippen molar-refractivity contribution >= 4 is 5.69 Å². The summed E-state index contributed by atoms with van der Waals surface area (Å²) in [7, 11) is 0. The minimum Gasteiger partial charge on any atom is -0.382 e. The first kappa shape index (κ1) is 15.4. The molecule has 0 spiro atoms. The summed E-state index contributed by atoms with van der Waals surface area (Å²) < 4.78 is 0. The van der Waals surface area contributed by atoms with Crippen LogP contribution < -0.4 is 5.32 Å². The van der Waals surface area contributed by atoms with Gasteiger partial charge in [0.15, 0.2) is 0 Å². The van der Waals surface area contributed by atoms with Crippen molar-refractivity contribution in [3.63, 3.8) is 0 Å². The van der Waals surface area contributed by atoms with E-state index in [-0.39, 0.29) is 0 Å². The highest BCUT2D eigenvalue weighted by Crippen LogP contribution is 2.27. The topological polar surface area (TPSA) is 15.3 Å². The van der Waals surface area contributed by atoms with Crippen LogP contribution in [0, 0.1) is 12.8 Å². The van der Waals surface area contributed by atoms with Gasteiger partial charge in [0.25, 0.3) is 0 Å². The van der Waals surface area contributed by atoms with Crippen molar-refractivity contribution in [1.82, 2.24) is 4.90 Å². The van der Waals surface area contributed by atoms with Crippen LogP contribution in [0.3, 0.4) is 0 Å². The van der Waals surface area contributed by atoms with Gasteiger partial charge in [0.1, 0.15) is 0 Å². The van der Waals surface area contributed by atoms with Crippen molar-refractivity contribution in [1.29, 1.82) is 0 Å². The first-order valence-electron chi connectivity index (χ1n) is 8.23. The van der Waals surface area contributed by atoms with Gasteiger partial charge in [-0.3, -0.25) is 0 Å². The van der Waals surface area contributed by atoms with Crippen molar-refractivity contribution in [2.24, 2.45) is 5.92 Å². The number of rotatable bonds is 5. The summed E-state index contributed by atoms with van der Waals surface area (Å²) in [4.78, 5) is 2.56. The van der Waals surface area contributed by atoms with Gasteiger partial charge in [-0.25, -0.2) is 0 Å². The Bertz CT molecular complexity index is 419. The van der Waals surface area contributed by atoms with Gasteiger partial charge in [0.2, 0.25) is 0 Å². The van der Waals surface area contributed by atoms with Crippen LogP contribution in [0.1, 0.15) is 44.7 Å². The molecule has 1 N–H and O–H groups in total. The van der Waals surface area contributed by atoms with E-state index in [2.05, 4.69) is 56.1 Å². The fourth-order valence-corrected chi connectivity index (χ4v) is 3.34. The molecule has 0 amide bonds. The highest BCUT2D eigenvalue weighted by atomic mass is 15.1. The Kier molecular flexibility index (Phi) is 5.47. The molecule has 2 heteroatoms. The Balaban J connectivity index is 2.00. The molecule has 1 aliphatic rings. The molecule has 1 saturated heterocycles. The SMILES string of the molecule is CCc1cccc(C)c1NC(C)C1CCN(CC)CC1. The molecule has 0 aromatic heterocycles. The number of likely N-dealkylation sites (tertiary alicyclic amines) is 1. The number of nitrogens with one attached hydrogen (secondary N) is 1. The Labute approximate surface area is 124 Å². The molecule has 1 heterocycles. The molecule has 0 aliphatic carbocycles. The summed E-state index contributed by atoms with van der Waals surface area (Å²) in [5, 5.41) is 3.81. The van der Waals surface area contributed by atoms with Gasteiger partial charge in [-0.1, -0.05) is 32.0 Å². The lowest BCUT2D eigenvalue weighted by molar-refractivity contribution is 0.183. The Morgan fingerprint density at radius 1 is 1.25 bits per heavy atom. The minimum atomic E-state index is 0.570. The normalized spacial score (nSPS) is 19.0. The molecule has 1 aromatic carbocycles. The van der Waals surface area contributed by atoms with Crippen LogP contribution in [0.15, 0.2) is 18.2 Å². The number of nitrogens with zero attached hydrogens (tertiary/aromatic N) is 1. The number of hydrogen-bond donors (Lipinski definition) is 1. The van der Waals surface area contributed by atoms with E-state index in [1.54, 1.807) is 0 Å². The third-order valence-electron chi connectivity index (χ3n) is 4.90. The molecule has 1 aliphatic heterocycles. The van der Waals surface area contributed by atoms with Crippen LogP contribution in [0.4, 0.5) is 5.69 Å². The molecule has 0 bridgehead atoms. The highest BCUT2D eigenvalue weighted by molar-refractivity contribution is 5.57. The number of piperidine rings is 1. The average Bonchev–Trinajstić information content (AvgIpc) is 2.49. The van der Waals surface area contributed by atoms with E-state index < -0.39 is 0 Å². The lowest BCUT2D eigenvalue weighted by Crippen LogP contribution is -2.39. The van der Waals surface area contributed by atoms with E-state index in [9.17, 15) is 0 Å². The fourth-order valence-electron chi connectivity index (χ4n) is 3.34. The van der Waals surface area contributed by atoms with E-state index in [1.165, 1.54) is 49.3 Å². The fraction of sp³-hybridized carbons (Fsp3) is 0.667. The van der Waals surface area contributed by atoms with E-state index in [0.717, 1.165) is 12.3 Å². The van der Waals surface area contributed by atoms with Crippen molar-refractivity contribution < 1.29 is 0 Å². The van der Waals surface area contributed by atoms with Crippen LogP contribution >= 0.6 is 0 Å². The van der Waals surface area contributed by atoms with E-state index >= 15 is 0 Å². The molecule has 1 fully saturated rings. The highest BCUT2D eigenvalue weighted by Gasteiger charge is 2.23. The van der Waals surface area contributed by atoms with Crippen molar-refractivity contribution in [2.45, 2.75) is 53.0 Å². The van der Waals surface area contributed by atoms with Gasteiger partial charge in [-0.15, -0.1) is 0 Å². The summed E-state index contributed by atoms with van der Waals surface area (Å²) in [6, 6.07) is 7.21. The molecule has 1 unspecified atom stereocenters. The summed E-state index contributed by atoms with van der Waals surface area (Å²) in [5.41, 5.74) is 4.20. The maximum Gasteiger partial charge on any atom is 0.0404 e. The second kappa shape index (κ2) is 7.12. The zero-order chi connectivity index (χ0) is 14.5. The molecule has 112 valence electrons. The van der Waals surface area contributed by atoms with Gasteiger partial charge < -0.3 is 10.2 Å². The third kappa shape index (κ3) is 3.54. The zero-order valence-electron chi connectivity index (χ0n) is 13.6. The number of aryl methyl sites for hydroxylation is 2. The maximum atomic E-state index is 3.81. The molecule has 1 aromatic rings. The van der Waals surface area contributed by atoms with Gasteiger partial charge >= 0.3 is 0 Å². The molecule has 2 rings (SSSR count). The van der Waals surface area contributed by atoms with Crippen molar-refractivity contribution in [3.05, 3.63) is 29.3 Å². The zero-order valence-corrected chi connectivity index (χ0v) is 13.6. The van der Waals surface area contributed by atoms with Crippen molar-refractivity contribution in [2.75, 3.05) is 25.0 Å². The molecule has 2 nitrogen and oxygen atoms in total. The van der Waals surface area contributed by atoms with Gasteiger partial charge in [-0.05, 0) is 69.8 Å². The number of hydrogen-bond acceptors (Lipinski definition) is 2. The Hall–Kier alpha value is -1.02. The van der Waals surface area contributed by atoms with Crippen LogP contribution in [-0.2, 0) is 6.42 Å². The van der Waals surface area contributed by atoms with Gasteiger partial charge in [0, 0.05) is 11.7 Å². The Morgan fingerprint density at radius 3 is 2.55 bits per heavy atom. The Morgan fingerprint density at radius 2 is 1.95 bits per heavy atom. The van der Waals surface area contributed by atoms with Gasteiger partial charge in [0.05, 0.1) is 0 Å². The number of para-hydroxylation sites is 1. The molecule has 20 heavy (non-hydrogen) atoms. The van der Waals surface area contributed by atoms with E-state index in [4.69, 9.17) is 0 Å². The molecule has 1 atom stereocenters. The summed E-state index contributed by atoms with van der Waals surface area (Å²) in [6.07, 6.45) is 3.76. The second-order valence-corrected chi connectivity index (χ2v) is 6.17. The van der Waals surface area contributed by atoms with Crippen LogP contribution in [0.5, 0.6) is 0 Å². The monoisotopic (exact) mass is 274 g/mol. The predicted octanol–water partition coefficient (Wildman–Crippen LogP) is 4.09. The summed E-state index contributed by atoms with van der Waals surface area (Å²) in [5.74, 6) is 0.808. The summed E-state index contributed by atoms with van der Waals surface area (Å²) >= 11 is 0. The number of anilines is 1. The van der Waals surface area contributed by atoms with E-state index in [1.807, 2.05) is 0 Å². The largest absolute Gasteiger partial charge is 0.382 e. The van der Waals surface area contributed by atoms with Crippen LogP contribution in [0.2, 0.25) is 0 Å². The van der Waals surface area contributed by atoms with Crippen molar-refractivity contribution in [3.8, 4) is 0 Å². The lowest BCUT2D eigenvalue weighted by Gasteiger charge is -2.35. The first-order valence-corrected chi connectivity index (χ1v) is 8.23. The first-order chi connectivity index (χ1) is 9.65. The predicted molar refractivity (Wildman–Crippen MR) is 88.5 cm³/mol. The smallest absolute Gasteiger partial charge is 0.0404 e. The molecular weight excluding hydrogens is 244 g/mol. The third-order valence-corrected chi connectivity index (χ3v) is 4.90. The van der Waals surface area contributed by atoms with Crippen LogP contribution in [0.25, 0.3) is 0 Å². The van der Waals surface area contributed by atoms with Crippen LogP contribution in [-0.4, -0.2) is 30.6 Å². The quantitative estimate of drug-likeness (QED) is 0.870. The maximum absolute atomic E-state index is 3.81. The number of benzene rings is 1.